The Labute approximate surface area is 133 Å². The molecule has 0 atom stereocenters. The highest BCUT2D eigenvalue weighted by Gasteiger charge is 2.18. The van der Waals surface area contributed by atoms with Gasteiger partial charge in [-0.3, -0.25) is 0 Å². The molecule has 2 N–H and O–H groups in total. The summed E-state index contributed by atoms with van der Waals surface area (Å²) in [6.07, 6.45) is 3.96. The molecule has 0 aromatic heterocycles. The molecule has 0 saturated heterocycles. The lowest BCUT2D eigenvalue weighted by atomic mass is 10.1. The summed E-state index contributed by atoms with van der Waals surface area (Å²) in [5, 5.41) is 3.06. The summed E-state index contributed by atoms with van der Waals surface area (Å²) in [5.74, 6) is 1.07. The topological polar surface area (TPSA) is 58.2 Å². The summed E-state index contributed by atoms with van der Waals surface area (Å²) in [6.45, 7) is 4.97. The maximum Gasteiger partial charge on any atom is 0.240 e. The van der Waals surface area contributed by atoms with Crippen molar-refractivity contribution in [1.29, 1.82) is 0 Å². The predicted molar refractivity (Wildman–Crippen MR) is 91.5 cm³/mol. The van der Waals surface area contributed by atoms with E-state index in [-0.39, 0.29) is 0 Å². The Morgan fingerprint density at radius 3 is 2.52 bits per heavy atom. The minimum Gasteiger partial charge on any atom is -0.316 e. The van der Waals surface area contributed by atoms with Gasteiger partial charge in [0.05, 0.1) is 4.90 Å². The van der Waals surface area contributed by atoms with Crippen molar-refractivity contribution >= 4 is 21.8 Å². The molecule has 1 aromatic carbocycles. The van der Waals surface area contributed by atoms with Crippen molar-refractivity contribution < 1.29 is 8.42 Å². The normalized spacial score (nSPS) is 11.8. The molecule has 0 bridgehead atoms. The number of benzene rings is 1. The number of unbranched alkanes of at least 4 members (excludes halogenated alkanes) is 1. The van der Waals surface area contributed by atoms with Crippen LogP contribution in [-0.2, 0) is 16.6 Å². The Kier molecular flexibility index (Phi) is 7.73. The number of nitrogens with one attached hydrogen (secondary N) is 2. The van der Waals surface area contributed by atoms with Gasteiger partial charge in [0.1, 0.15) is 0 Å². The monoisotopic (exact) mass is 330 g/mol. The maximum atomic E-state index is 12.5. The lowest BCUT2D eigenvalue weighted by Crippen LogP contribution is -2.26. The smallest absolute Gasteiger partial charge is 0.240 e. The summed E-state index contributed by atoms with van der Waals surface area (Å²) in [4.78, 5) is 0.401. The first-order chi connectivity index (χ1) is 9.92. The quantitative estimate of drug-likeness (QED) is 0.683. The minimum atomic E-state index is -3.43. The number of thioether (sulfide) groups is 1. The summed E-state index contributed by atoms with van der Waals surface area (Å²) in [7, 11) is -1.57. The zero-order valence-electron chi connectivity index (χ0n) is 13.3. The van der Waals surface area contributed by atoms with Gasteiger partial charge in [0.15, 0.2) is 0 Å². The fraction of sp³-hybridized carbons (Fsp3) is 0.600. The molecular formula is C15H26N2O2S2. The van der Waals surface area contributed by atoms with Crippen LogP contribution in [0.5, 0.6) is 0 Å². The molecular weight excluding hydrogens is 304 g/mol. The van der Waals surface area contributed by atoms with Crippen molar-refractivity contribution in [1.82, 2.24) is 10.0 Å². The highest BCUT2D eigenvalue weighted by molar-refractivity contribution is 7.98. The number of sulfonamides is 1. The third kappa shape index (κ3) is 5.62. The second-order valence-corrected chi connectivity index (χ2v) is 7.88. The van der Waals surface area contributed by atoms with Crippen LogP contribution in [0.15, 0.2) is 17.0 Å². The van der Waals surface area contributed by atoms with Crippen LogP contribution >= 0.6 is 11.8 Å². The van der Waals surface area contributed by atoms with Gasteiger partial charge in [0.2, 0.25) is 10.0 Å². The Hall–Kier alpha value is -0.560. The average Bonchev–Trinajstić information content (AvgIpc) is 2.42. The van der Waals surface area contributed by atoms with Gasteiger partial charge in [0.25, 0.3) is 0 Å². The third-order valence-electron chi connectivity index (χ3n) is 3.42. The molecule has 0 spiro atoms. The van der Waals surface area contributed by atoms with Gasteiger partial charge in [-0.2, -0.15) is 11.8 Å². The van der Waals surface area contributed by atoms with E-state index >= 15 is 0 Å². The first kappa shape index (κ1) is 18.5. The SMILES string of the molecule is CNCc1cc(C)c(C)c(S(=O)(=O)NCCCCSC)c1. The predicted octanol–water partition coefficient (Wildman–Crippen LogP) is 2.44. The molecule has 0 unspecified atom stereocenters. The number of rotatable bonds is 9. The molecule has 0 amide bonds. The number of hydrogen-bond donors (Lipinski definition) is 2. The molecule has 0 aliphatic rings. The van der Waals surface area contributed by atoms with Gasteiger partial charge in [-0.25, -0.2) is 13.1 Å². The molecule has 120 valence electrons. The summed E-state index contributed by atoms with van der Waals surface area (Å²) in [5.41, 5.74) is 2.82. The number of aryl methyl sites for hydroxylation is 1. The van der Waals surface area contributed by atoms with Crippen LogP contribution in [0.25, 0.3) is 0 Å². The van der Waals surface area contributed by atoms with Gasteiger partial charge < -0.3 is 5.32 Å². The van der Waals surface area contributed by atoms with Crippen molar-refractivity contribution in [3.05, 3.63) is 28.8 Å². The Bertz CT molecular complexity index is 557. The zero-order chi connectivity index (χ0) is 15.9. The second kappa shape index (κ2) is 8.78. The minimum absolute atomic E-state index is 0.401. The molecule has 0 radical (unpaired) electrons. The molecule has 0 aliphatic heterocycles. The second-order valence-electron chi connectivity index (χ2n) is 5.16. The van der Waals surface area contributed by atoms with Crippen molar-refractivity contribution in [2.24, 2.45) is 0 Å². The van der Waals surface area contributed by atoms with Gasteiger partial charge >= 0.3 is 0 Å². The van der Waals surface area contributed by atoms with E-state index in [1.807, 2.05) is 27.0 Å². The molecule has 0 saturated carbocycles. The first-order valence-electron chi connectivity index (χ1n) is 7.15. The van der Waals surface area contributed by atoms with Gasteiger partial charge in [-0.05, 0) is 68.5 Å². The van der Waals surface area contributed by atoms with E-state index in [2.05, 4.69) is 16.3 Å². The van der Waals surface area contributed by atoms with Gasteiger partial charge in [-0.1, -0.05) is 6.07 Å². The van der Waals surface area contributed by atoms with Crippen molar-refractivity contribution in [3.8, 4) is 0 Å². The molecule has 1 aromatic rings. The van der Waals surface area contributed by atoms with Crippen LogP contribution in [0.2, 0.25) is 0 Å². The molecule has 0 fully saturated rings. The fourth-order valence-corrected chi connectivity index (χ4v) is 4.07. The Morgan fingerprint density at radius 1 is 1.19 bits per heavy atom. The van der Waals surface area contributed by atoms with Gasteiger partial charge in [-0.15, -0.1) is 0 Å². The van der Waals surface area contributed by atoms with Crippen LogP contribution < -0.4 is 10.0 Å². The first-order valence-corrected chi connectivity index (χ1v) is 10.0. The molecule has 6 heteroatoms. The summed E-state index contributed by atoms with van der Waals surface area (Å²) < 4.78 is 27.6. The van der Waals surface area contributed by atoms with Crippen LogP contribution in [0.3, 0.4) is 0 Å². The number of hydrogen-bond acceptors (Lipinski definition) is 4. The average molecular weight is 331 g/mol. The van der Waals surface area contributed by atoms with E-state index in [4.69, 9.17) is 0 Å². The standard InChI is InChI=1S/C15H26N2O2S2/c1-12-9-14(11-16-3)10-15(13(12)2)21(18,19)17-7-5-6-8-20-4/h9-10,16-17H,5-8,11H2,1-4H3. The largest absolute Gasteiger partial charge is 0.316 e. The van der Waals surface area contributed by atoms with Crippen LogP contribution in [0.1, 0.15) is 29.5 Å². The lowest BCUT2D eigenvalue weighted by molar-refractivity contribution is 0.577. The van der Waals surface area contributed by atoms with E-state index < -0.39 is 10.0 Å². The molecule has 21 heavy (non-hydrogen) atoms. The lowest BCUT2D eigenvalue weighted by Gasteiger charge is -2.13. The molecule has 0 aliphatic carbocycles. The van der Waals surface area contributed by atoms with E-state index in [0.717, 1.165) is 35.3 Å². The van der Waals surface area contributed by atoms with Crippen LogP contribution in [0, 0.1) is 13.8 Å². The molecule has 0 heterocycles. The fourth-order valence-electron chi connectivity index (χ4n) is 2.14. The third-order valence-corrected chi connectivity index (χ3v) is 5.70. The summed E-state index contributed by atoms with van der Waals surface area (Å²) in [6, 6.07) is 3.80. The van der Waals surface area contributed by atoms with E-state index in [1.165, 1.54) is 0 Å². The van der Waals surface area contributed by atoms with Crippen molar-refractivity contribution in [2.75, 3.05) is 25.6 Å². The molecule has 4 nitrogen and oxygen atoms in total. The molecule has 1 rings (SSSR count). The van der Waals surface area contributed by atoms with E-state index in [9.17, 15) is 8.42 Å². The van der Waals surface area contributed by atoms with Crippen LogP contribution in [-0.4, -0.2) is 34.0 Å². The van der Waals surface area contributed by atoms with Gasteiger partial charge in [0, 0.05) is 13.1 Å². The highest BCUT2D eigenvalue weighted by atomic mass is 32.2. The van der Waals surface area contributed by atoms with E-state index in [0.29, 0.717) is 18.0 Å². The van der Waals surface area contributed by atoms with Crippen LogP contribution in [0.4, 0.5) is 0 Å². The Morgan fingerprint density at radius 2 is 1.90 bits per heavy atom. The van der Waals surface area contributed by atoms with Crippen molar-refractivity contribution in [3.63, 3.8) is 0 Å². The highest BCUT2D eigenvalue weighted by Crippen LogP contribution is 2.21. The van der Waals surface area contributed by atoms with E-state index in [1.54, 1.807) is 17.8 Å². The Balaban J connectivity index is 2.86. The zero-order valence-corrected chi connectivity index (χ0v) is 15.0. The maximum absolute atomic E-state index is 12.5. The summed E-state index contributed by atoms with van der Waals surface area (Å²) >= 11 is 1.78. The van der Waals surface area contributed by atoms with Crippen molar-refractivity contribution in [2.45, 2.75) is 38.1 Å².